The van der Waals surface area contributed by atoms with Gasteiger partial charge < -0.3 is 15.4 Å². The number of carbonyl (C=O) groups is 2. The SMILES string of the molecule is Cc1cc(Cl)cc(C(=O)NC(C)(C)C)c1NC(=O)c1cc(CC2COC2)nn1-c1ncccc1Cl. The van der Waals surface area contributed by atoms with E-state index >= 15 is 0 Å². The van der Waals surface area contributed by atoms with Crippen molar-refractivity contribution in [3.05, 3.63) is 69.1 Å². The molecule has 0 saturated carbocycles. The van der Waals surface area contributed by atoms with Gasteiger partial charge in [0, 0.05) is 22.7 Å². The molecule has 0 unspecified atom stereocenters. The molecule has 184 valence electrons. The van der Waals surface area contributed by atoms with Crippen LogP contribution in [0, 0.1) is 12.8 Å². The summed E-state index contributed by atoms with van der Waals surface area (Å²) >= 11 is 12.6. The summed E-state index contributed by atoms with van der Waals surface area (Å²) in [5.74, 6) is -0.107. The van der Waals surface area contributed by atoms with Crippen LogP contribution in [-0.2, 0) is 11.2 Å². The van der Waals surface area contributed by atoms with Crippen molar-refractivity contribution < 1.29 is 14.3 Å². The summed E-state index contributed by atoms with van der Waals surface area (Å²) in [6.07, 6.45) is 2.25. The molecule has 2 aromatic heterocycles. The van der Waals surface area contributed by atoms with Crippen molar-refractivity contribution in [1.82, 2.24) is 20.1 Å². The number of ether oxygens (including phenoxy) is 1. The highest BCUT2D eigenvalue weighted by Gasteiger charge is 2.26. The Balaban J connectivity index is 1.72. The number of pyridine rings is 1. The normalized spacial score (nSPS) is 13.9. The van der Waals surface area contributed by atoms with E-state index < -0.39 is 11.4 Å². The molecule has 1 aliphatic heterocycles. The molecule has 1 aromatic carbocycles. The summed E-state index contributed by atoms with van der Waals surface area (Å²) in [5, 5.41) is 11.2. The van der Waals surface area contributed by atoms with Gasteiger partial charge in [-0.25, -0.2) is 9.67 Å². The fourth-order valence-corrected chi connectivity index (χ4v) is 4.23. The van der Waals surface area contributed by atoms with Crippen molar-refractivity contribution in [2.75, 3.05) is 18.5 Å². The second-order valence-electron chi connectivity index (χ2n) is 9.65. The molecule has 0 radical (unpaired) electrons. The third-order valence-electron chi connectivity index (χ3n) is 5.41. The van der Waals surface area contributed by atoms with Crippen LogP contribution in [-0.4, -0.2) is 45.3 Å². The maximum atomic E-state index is 13.6. The van der Waals surface area contributed by atoms with Crippen LogP contribution in [0.4, 0.5) is 5.69 Å². The maximum absolute atomic E-state index is 13.6. The van der Waals surface area contributed by atoms with Gasteiger partial charge in [-0.2, -0.15) is 5.10 Å². The summed E-state index contributed by atoms with van der Waals surface area (Å²) in [7, 11) is 0. The molecule has 0 aliphatic carbocycles. The van der Waals surface area contributed by atoms with E-state index in [0.717, 1.165) is 5.69 Å². The molecule has 1 saturated heterocycles. The highest BCUT2D eigenvalue weighted by Crippen LogP contribution is 2.28. The molecule has 35 heavy (non-hydrogen) atoms. The number of nitrogens with zero attached hydrogens (tertiary/aromatic N) is 3. The van der Waals surface area contributed by atoms with Gasteiger partial charge in [0.25, 0.3) is 11.8 Å². The third-order valence-corrected chi connectivity index (χ3v) is 5.92. The van der Waals surface area contributed by atoms with E-state index in [4.69, 9.17) is 27.9 Å². The second kappa shape index (κ2) is 9.97. The van der Waals surface area contributed by atoms with Crippen molar-refractivity contribution >= 4 is 40.7 Å². The zero-order chi connectivity index (χ0) is 25.3. The smallest absolute Gasteiger partial charge is 0.274 e. The number of hydrogen-bond donors (Lipinski definition) is 2. The highest BCUT2D eigenvalue weighted by molar-refractivity contribution is 6.32. The van der Waals surface area contributed by atoms with Gasteiger partial charge in [0.1, 0.15) is 5.69 Å². The van der Waals surface area contributed by atoms with Gasteiger partial charge in [-0.1, -0.05) is 23.2 Å². The van der Waals surface area contributed by atoms with E-state index in [9.17, 15) is 9.59 Å². The van der Waals surface area contributed by atoms with Crippen molar-refractivity contribution in [2.45, 2.75) is 39.7 Å². The molecule has 10 heteroatoms. The predicted octanol–water partition coefficient (Wildman–Crippen LogP) is 4.85. The topological polar surface area (TPSA) is 98.1 Å². The first-order chi connectivity index (χ1) is 16.5. The van der Waals surface area contributed by atoms with Crippen LogP contribution in [0.25, 0.3) is 5.82 Å². The number of hydrogen-bond acceptors (Lipinski definition) is 5. The Morgan fingerprint density at radius 1 is 1.17 bits per heavy atom. The zero-order valence-corrected chi connectivity index (χ0v) is 21.5. The van der Waals surface area contributed by atoms with E-state index in [0.29, 0.717) is 52.7 Å². The molecule has 0 spiro atoms. The number of aryl methyl sites for hydroxylation is 1. The number of benzene rings is 1. The Morgan fingerprint density at radius 2 is 1.91 bits per heavy atom. The molecule has 2 amide bonds. The summed E-state index contributed by atoms with van der Waals surface area (Å²) < 4.78 is 6.71. The first-order valence-corrected chi connectivity index (χ1v) is 12.0. The summed E-state index contributed by atoms with van der Waals surface area (Å²) in [6.45, 7) is 8.74. The minimum Gasteiger partial charge on any atom is -0.381 e. The molecule has 1 fully saturated rings. The number of carbonyl (C=O) groups excluding carboxylic acids is 2. The Morgan fingerprint density at radius 3 is 2.54 bits per heavy atom. The largest absolute Gasteiger partial charge is 0.381 e. The molecule has 2 N–H and O–H groups in total. The number of halogens is 2. The molecule has 0 atom stereocenters. The fraction of sp³-hybridized carbons (Fsp3) is 0.360. The summed E-state index contributed by atoms with van der Waals surface area (Å²) in [4.78, 5) is 30.9. The number of rotatable bonds is 6. The predicted molar refractivity (Wildman–Crippen MR) is 136 cm³/mol. The second-order valence-corrected chi connectivity index (χ2v) is 10.5. The lowest BCUT2D eigenvalue weighted by Crippen LogP contribution is -2.41. The van der Waals surface area contributed by atoms with Crippen LogP contribution in [0.1, 0.15) is 52.9 Å². The minimum absolute atomic E-state index is 0.248. The third kappa shape index (κ3) is 5.83. The van der Waals surface area contributed by atoms with Crippen molar-refractivity contribution in [1.29, 1.82) is 0 Å². The molecule has 8 nitrogen and oxygen atoms in total. The van der Waals surface area contributed by atoms with E-state index in [1.165, 1.54) is 4.68 Å². The number of nitrogens with one attached hydrogen (secondary N) is 2. The van der Waals surface area contributed by atoms with Crippen molar-refractivity contribution in [3.8, 4) is 5.82 Å². The van der Waals surface area contributed by atoms with E-state index in [-0.39, 0.29) is 17.2 Å². The van der Waals surface area contributed by atoms with Gasteiger partial charge in [-0.05, 0) is 70.0 Å². The van der Waals surface area contributed by atoms with Crippen LogP contribution in [0.15, 0.2) is 36.5 Å². The Bertz CT molecular complexity index is 1280. The lowest BCUT2D eigenvalue weighted by Gasteiger charge is -2.24. The quantitative estimate of drug-likeness (QED) is 0.488. The first kappa shape index (κ1) is 25.2. The van der Waals surface area contributed by atoms with Crippen LogP contribution in [0.5, 0.6) is 0 Å². The number of anilines is 1. The number of amides is 2. The summed E-state index contributed by atoms with van der Waals surface area (Å²) in [5.41, 5.74) is 1.80. The van der Waals surface area contributed by atoms with Gasteiger partial charge in [-0.3, -0.25) is 9.59 Å². The van der Waals surface area contributed by atoms with E-state index in [2.05, 4.69) is 20.7 Å². The average molecular weight is 516 g/mol. The van der Waals surface area contributed by atoms with E-state index in [1.54, 1.807) is 43.5 Å². The standard InChI is InChI=1S/C25H27Cl2N5O3/c1-14-8-16(26)10-18(23(33)30-25(2,3)4)21(14)29-24(34)20-11-17(9-15-12-35-13-15)31-32(20)22-19(27)6-5-7-28-22/h5-8,10-11,15H,9,12-13H2,1-4H3,(H,29,34)(H,30,33). The van der Waals surface area contributed by atoms with E-state index in [1.807, 2.05) is 20.8 Å². The Kier molecular flexibility index (Phi) is 7.17. The zero-order valence-electron chi connectivity index (χ0n) is 20.0. The van der Waals surface area contributed by atoms with Crippen LogP contribution >= 0.6 is 23.2 Å². The molecule has 4 rings (SSSR count). The molecule has 3 aromatic rings. The van der Waals surface area contributed by atoms with Gasteiger partial charge in [0.15, 0.2) is 5.82 Å². The lowest BCUT2D eigenvalue weighted by molar-refractivity contribution is -0.0316. The van der Waals surface area contributed by atoms with Crippen LogP contribution < -0.4 is 10.6 Å². The molecule has 0 bridgehead atoms. The molecular formula is C25H27Cl2N5O3. The van der Waals surface area contributed by atoms with Crippen LogP contribution in [0.3, 0.4) is 0 Å². The van der Waals surface area contributed by atoms with Gasteiger partial charge >= 0.3 is 0 Å². The van der Waals surface area contributed by atoms with Crippen molar-refractivity contribution in [2.24, 2.45) is 5.92 Å². The van der Waals surface area contributed by atoms with Crippen molar-refractivity contribution in [3.63, 3.8) is 0 Å². The lowest BCUT2D eigenvalue weighted by atomic mass is 10.0. The molecule has 3 heterocycles. The highest BCUT2D eigenvalue weighted by atomic mass is 35.5. The van der Waals surface area contributed by atoms with Gasteiger partial charge in [0.05, 0.1) is 35.2 Å². The number of aromatic nitrogens is 3. The molecular weight excluding hydrogens is 489 g/mol. The Labute approximate surface area is 214 Å². The minimum atomic E-state index is -0.469. The summed E-state index contributed by atoms with van der Waals surface area (Å²) in [6, 6.07) is 8.35. The fourth-order valence-electron chi connectivity index (χ4n) is 3.76. The maximum Gasteiger partial charge on any atom is 0.274 e. The average Bonchev–Trinajstić information content (AvgIpc) is 3.15. The first-order valence-electron chi connectivity index (χ1n) is 11.2. The Hall–Kier alpha value is -2.94. The van der Waals surface area contributed by atoms with Gasteiger partial charge in [0.2, 0.25) is 0 Å². The van der Waals surface area contributed by atoms with Crippen LogP contribution in [0.2, 0.25) is 10.0 Å². The molecule has 1 aliphatic rings. The van der Waals surface area contributed by atoms with Gasteiger partial charge in [-0.15, -0.1) is 0 Å². The monoisotopic (exact) mass is 515 g/mol.